The van der Waals surface area contributed by atoms with Gasteiger partial charge in [0, 0.05) is 4.47 Å². The van der Waals surface area contributed by atoms with Crippen LogP contribution >= 0.6 is 31.9 Å². The van der Waals surface area contributed by atoms with Crippen molar-refractivity contribution in [2.75, 3.05) is 13.7 Å². The van der Waals surface area contributed by atoms with E-state index in [-0.39, 0.29) is 11.9 Å². The van der Waals surface area contributed by atoms with E-state index in [0.717, 1.165) is 21.3 Å². The van der Waals surface area contributed by atoms with Crippen LogP contribution in [-0.4, -0.2) is 13.7 Å². The van der Waals surface area contributed by atoms with Gasteiger partial charge in [-0.1, -0.05) is 34.1 Å². The number of benzene rings is 2. The van der Waals surface area contributed by atoms with E-state index >= 15 is 0 Å². The van der Waals surface area contributed by atoms with Crippen LogP contribution < -0.4 is 10.1 Å². The summed E-state index contributed by atoms with van der Waals surface area (Å²) in [4.78, 5) is 0. The summed E-state index contributed by atoms with van der Waals surface area (Å²) in [5, 5.41) is 3.23. The van der Waals surface area contributed by atoms with Crippen molar-refractivity contribution in [1.29, 1.82) is 0 Å². The fraction of sp³-hybridized carbons (Fsp3) is 0.250. The third-order valence-corrected chi connectivity index (χ3v) is 4.70. The van der Waals surface area contributed by atoms with E-state index in [1.807, 2.05) is 38.2 Å². The molecule has 0 fully saturated rings. The average Bonchev–Trinajstić information content (AvgIpc) is 2.46. The SMILES string of the molecule is CCOc1ccc(C(NC)c2cccc(F)c2Br)c(Br)c1. The molecule has 0 aromatic heterocycles. The molecular formula is C16H16Br2FNO. The quantitative estimate of drug-likeness (QED) is 0.735. The minimum absolute atomic E-state index is 0.125. The van der Waals surface area contributed by atoms with E-state index in [9.17, 15) is 4.39 Å². The molecule has 2 rings (SSSR count). The summed E-state index contributed by atoms with van der Waals surface area (Å²) in [7, 11) is 1.85. The highest BCUT2D eigenvalue weighted by Crippen LogP contribution is 2.35. The molecule has 0 heterocycles. The summed E-state index contributed by atoms with van der Waals surface area (Å²) in [6.45, 7) is 2.57. The van der Waals surface area contributed by atoms with Gasteiger partial charge in [-0.15, -0.1) is 0 Å². The Morgan fingerprint density at radius 3 is 2.57 bits per heavy atom. The Balaban J connectivity index is 2.44. The van der Waals surface area contributed by atoms with Crippen LogP contribution in [0, 0.1) is 5.82 Å². The first-order valence-corrected chi connectivity index (χ1v) is 8.20. The maximum Gasteiger partial charge on any atom is 0.137 e. The average molecular weight is 417 g/mol. The van der Waals surface area contributed by atoms with Crippen LogP contribution in [0.2, 0.25) is 0 Å². The first-order valence-electron chi connectivity index (χ1n) is 6.61. The molecule has 112 valence electrons. The van der Waals surface area contributed by atoms with Gasteiger partial charge in [0.2, 0.25) is 0 Å². The zero-order valence-electron chi connectivity index (χ0n) is 11.8. The van der Waals surface area contributed by atoms with E-state index in [4.69, 9.17) is 4.74 Å². The van der Waals surface area contributed by atoms with Gasteiger partial charge < -0.3 is 10.1 Å². The third kappa shape index (κ3) is 3.65. The first kappa shape index (κ1) is 16.5. The Morgan fingerprint density at radius 2 is 1.95 bits per heavy atom. The molecule has 2 aromatic rings. The van der Waals surface area contributed by atoms with Gasteiger partial charge in [0.05, 0.1) is 17.1 Å². The molecule has 0 aliphatic heterocycles. The van der Waals surface area contributed by atoms with Crippen LogP contribution in [-0.2, 0) is 0 Å². The topological polar surface area (TPSA) is 21.3 Å². The summed E-state index contributed by atoms with van der Waals surface area (Å²) in [5.74, 6) is 0.538. The summed E-state index contributed by atoms with van der Waals surface area (Å²) in [6, 6.07) is 10.7. The minimum atomic E-state index is -0.269. The Morgan fingerprint density at radius 1 is 1.19 bits per heavy atom. The second-order valence-electron chi connectivity index (χ2n) is 4.48. The molecule has 0 bridgehead atoms. The molecule has 0 radical (unpaired) electrons. The fourth-order valence-corrected chi connectivity index (χ4v) is 3.30. The van der Waals surface area contributed by atoms with E-state index in [2.05, 4.69) is 37.2 Å². The van der Waals surface area contributed by atoms with Crippen molar-refractivity contribution in [2.45, 2.75) is 13.0 Å². The van der Waals surface area contributed by atoms with Gasteiger partial charge in [-0.25, -0.2) is 4.39 Å². The van der Waals surface area contributed by atoms with Crippen LogP contribution in [0.3, 0.4) is 0 Å². The first-order chi connectivity index (χ1) is 10.1. The molecule has 2 nitrogen and oxygen atoms in total. The molecule has 2 aromatic carbocycles. The summed E-state index contributed by atoms with van der Waals surface area (Å²) in [6.07, 6.45) is 0. The minimum Gasteiger partial charge on any atom is -0.494 e. The van der Waals surface area contributed by atoms with Crippen molar-refractivity contribution in [2.24, 2.45) is 0 Å². The predicted molar refractivity (Wildman–Crippen MR) is 90.3 cm³/mol. The molecule has 0 saturated heterocycles. The molecule has 1 atom stereocenters. The molecule has 0 saturated carbocycles. The van der Waals surface area contributed by atoms with Crippen LogP contribution in [0.5, 0.6) is 5.75 Å². The lowest BCUT2D eigenvalue weighted by atomic mass is 9.98. The van der Waals surface area contributed by atoms with Gasteiger partial charge >= 0.3 is 0 Å². The second kappa shape index (κ2) is 7.38. The number of hydrogen-bond acceptors (Lipinski definition) is 2. The van der Waals surface area contributed by atoms with Gasteiger partial charge in [0.1, 0.15) is 11.6 Å². The number of nitrogens with one attached hydrogen (secondary N) is 1. The van der Waals surface area contributed by atoms with Gasteiger partial charge in [-0.3, -0.25) is 0 Å². The zero-order valence-corrected chi connectivity index (χ0v) is 15.0. The van der Waals surface area contributed by atoms with Crippen molar-refractivity contribution >= 4 is 31.9 Å². The summed E-state index contributed by atoms with van der Waals surface area (Å²) < 4.78 is 20.6. The third-order valence-electron chi connectivity index (χ3n) is 3.18. The van der Waals surface area contributed by atoms with Crippen molar-refractivity contribution in [3.05, 3.63) is 62.3 Å². The highest BCUT2D eigenvalue weighted by atomic mass is 79.9. The van der Waals surface area contributed by atoms with Crippen LogP contribution in [0.4, 0.5) is 4.39 Å². The number of halogens is 3. The largest absolute Gasteiger partial charge is 0.494 e. The number of ether oxygens (including phenoxy) is 1. The molecule has 1 unspecified atom stereocenters. The molecule has 0 amide bonds. The molecule has 5 heteroatoms. The normalized spacial score (nSPS) is 12.2. The van der Waals surface area contributed by atoms with E-state index in [0.29, 0.717) is 11.1 Å². The van der Waals surface area contributed by atoms with Gasteiger partial charge in [-0.2, -0.15) is 0 Å². The highest BCUT2D eigenvalue weighted by molar-refractivity contribution is 9.10. The number of rotatable bonds is 5. The monoisotopic (exact) mass is 415 g/mol. The molecule has 0 aliphatic carbocycles. The van der Waals surface area contributed by atoms with Gasteiger partial charge in [0.25, 0.3) is 0 Å². The van der Waals surface area contributed by atoms with E-state index in [1.54, 1.807) is 6.07 Å². The Labute approximate surface area is 141 Å². The molecular weight excluding hydrogens is 401 g/mol. The molecule has 0 spiro atoms. The maximum absolute atomic E-state index is 13.8. The van der Waals surface area contributed by atoms with E-state index in [1.165, 1.54) is 6.07 Å². The molecule has 0 aliphatic rings. The van der Waals surface area contributed by atoms with Crippen molar-refractivity contribution in [1.82, 2.24) is 5.32 Å². The standard InChI is InChI=1S/C16H16Br2FNO/c1-3-21-10-7-8-11(13(17)9-10)16(20-2)12-5-4-6-14(19)15(12)18/h4-9,16,20H,3H2,1-2H3. The van der Waals surface area contributed by atoms with Gasteiger partial charge in [0.15, 0.2) is 0 Å². The van der Waals surface area contributed by atoms with Crippen molar-refractivity contribution in [3.8, 4) is 5.75 Å². The van der Waals surface area contributed by atoms with Crippen molar-refractivity contribution in [3.63, 3.8) is 0 Å². The predicted octanol–water partition coefficient (Wildman–Crippen LogP) is 5.06. The van der Waals surface area contributed by atoms with Crippen molar-refractivity contribution < 1.29 is 9.13 Å². The second-order valence-corrected chi connectivity index (χ2v) is 6.13. The Hall–Kier alpha value is -0.910. The van der Waals surface area contributed by atoms with Crippen LogP contribution in [0.15, 0.2) is 45.3 Å². The molecule has 21 heavy (non-hydrogen) atoms. The highest BCUT2D eigenvalue weighted by Gasteiger charge is 2.19. The number of hydrogen-bond donors (Lipinski definition) is 1. The summed E-state index contributed by atoms with van der Waals surface area (Å²) in [5.41, 5.74) is 1.87. The van der Waals surface area contributed by atoms with E-state index < -0.39 is 0 Å². The maximum atomic E-state index is 13.8. The lowest BCUT2D eigenvalue weighted by Gasteiger charge is -2.21. The zero-order chi connectivity index (χ0) is 15.4. The lowest BCUT2D eigenvalue weighted by molar-refractivity contribution is 0.340. The lowest BCUT2D eigenvalue weighted by Crippen LogP contribution is -2.19. The molecule has 1 N–H and O–H groups in total. The van der Waals surface area contributed by atoms with Gasteiger partial charge in [-0.05, 0) is 59.2 Å². The Kier molecular flexibility index (Phi) is 5.79. The Bertz CT molecular complexity index is 634. The summed E-state index contributed by atoms with van der Waals surface area (Å²) >= 11 is 6.90. The fourth-order valence-electron chi connectivity index (χ4n) is 2.22. The van der Waals surface area contributed by atoms with Crippen LogP contribution in [0.1, 0.15) is 24.1 Å². The van der Waals surface area contributed by atoms with Crippen LogP contribution in [0.25, 0.3) is 0 Å². The smallest absolute Gasteiger partial charge is 0.137 e.